The van der Waals surface area contributed by atoms with Crippen molar-refractivity contribution in [1.29, 1.82) is 0 Å². The molecule has 0 atom stereocenters. The predicted molar refractivity (Wildman–Crippen MR) is 112 cm³/mol. The fourth-order valence-electron chi connectivity index (χ4n) is 2.83. The Hall–Kier alpha value is -1.36. The van der Waals surface area contributed by atoms with Gasteiger partial charge in [0.25, 0.3) is 0 Å². The van der Waals surface area contributed by atoms with Crippen molar-refractivity contribution in [2.24, 2.45) is 4.99 Å². The van der Waals surface area contributed by atoms with Gasteiger partial charge in [0, 0.05) is 38.0 Å². The fraction of sp³-hybridized carbons (Fsp3) is 0.562. The van der Waals surface area contributed by atoms with Gasteiger partial charge in [-0.1, -0.05) is 6.07 Å². The molecule has 0 amide bonds. The van der Waals surface area contributed by atoms with Crippen molar-refractivity contribution in [3.05, 3.63) is 38.7 Å². The van der Waals surface area contributed by atoms with E-state index >= 15 is 0 Å². The number of aromatic nitrogens is 3. The topological polar surface area (TPSA) is 76.2 Å². The highest BCUT2D eigenvalue weighted by molar-refractivity contribution is 14.0. The molecule has 25 heavy (non-hydrogen) atoms. The first-order valence-electron chi connectivity index (χ1n) is 8.41. The van der Waals surface area contributed by atoms with Gasteiger partial charge in [-0.3, -0.25) is 9.56 Å². The van der Waals surface area contributed by atoms with Crippen LogP contribution >= 0.6 is 35.3 Å². The first-order chi connectivity index (χ1) is 11.8. The summed E-state index contributed by atoms with van der Waals surface area (Å²) in [5.41, 5.74) is 0.0323. The van der Waals surface area contributed by atoms with Crippen LogP contribution in [-0.4, -0.2) is 33.9 Å². The van der Waals surface area contributed by atoms with Crippen LogP contribution in [0.3, 0.4) is 0 Å². The average molecular weight is 476 g/mol. The van der Waals surface area contributed by atoms with Gasteiger partial charge in [0.1, 0.15) is 5.82 Å². The zero-order chi connectivity index (χ0) is 16.8. The number of fused-ring (bicyclic) bond motifs is 1. The molecule has 0 fully saturated rings. The summed E-state index contributed by atoms with van der Waals surface area (Å²) in [6, 6.07) is 4.14. The Bertz CT molecular complexity index is 736. The Morgan fingerprint density at radius 1 is 1.40 bits per heavy atom. The summed E-state index contributed by atoms with van der Waals surface area (Å²) in [5, 5.41) is 13.1. The van der Waals surface area contributed by atoms with Crippen LogP contribution in [0.1, 0.15) is 30.0 Å². The van der Waals surface area contributed by atoms with Crippen molar-refractivity contribution in [3.8, 4) is 0 Å². The van der Waals surface area contributed by atoms with E-state index in [1.165, 1.54) is 4.88 Å². The normalized spacial score (nSPS) is 13.9. The fourth-order valence-corrected chi connectivity index (χ4v) is 3.48. The summed E-state index contributed by atoms with van der Waals surface area (Å²) in [7, 11) is 1.76. The van der Waals surface area contributed by atoms with Gasteiger partial charge in [0.2, 0.25) is 0 Å². The van der Waals surface area contributed by atoms with Crippen molar-refractivity contribution in [1.82, 2.24) is 25.0 Å². The second-order valence-electron chi connectivity index (χ2n) is 5.82. The summed E-state index contributed by atoms with van der Waals surface area (Å²) < 4.78 is 3.42. The molecular weight excluding hydrogens is 451 g/mol. The number of aliphatic imine (C=N–C) groups is 1. The summed E-state index contributed by atoms with van der Waals surface area (Å²) in [6.45, 7) is 2.96. The average Bonchev–Trinajstić information content (AvgIpc) is 3.23. The van der Waals surface area contributed by atoms with Gasteiger partial charge in [-0.25, -0.2) is 9.48 Å². The van der Waals surface area contributed by atoms with E-state index in [1.807, 2.05) is 10.6 Å². The maximum atomic E-state index is 12.2. The van der Waals surface area contributed by atoms with Gasteiger partial charge in [0.05, 0.1) is 6.54 Å². The number of thiophene rings is 1. The van der Waals surface area contributed by atoms with Gasteiger partial charge in [-0.2, -0.15) is 5.10 Å². The first kappa shape index (κ1) is 20.0. The molecule has 9 heteroatoms. The summed E-state index contributed by atoms with van der Waals surface area (Å²) in [5.74, 6) is 1.72. The van der Waals surface area contributed by atoms with E-state index in [0.717, 1.165) is 57.1 Å². The lowest BCUT2D eigenvalue weighted by Gasteiger charge is -2.10. The smallest absolute Gasteiger partial charge is 0.345 e. The molecule has 0 saturated heterocycles. The maximum absolute atomic E-state index is 12.2. The van der Waals surface area contributed by atoms with Gasteiger partial charge >= 0.3 is 5.69 Å². The van der Waals surface area contributed by atoms with E-state index in [1.54, 1.807) is 23.1 Å². The number of nitrogens with one attached hydrogen (secondary N) is 2. The van der Waals surface area contributed by atoms with Crippen LogP contribution in [-0.2, 0) is 26.1 Å². The quantitative estimate of drug-likeness (QED) is 0.289. The van der Waals surface area contributed by atoms with Gasteiger partial charge < -0.3 is 10.6 Å². The molecule has 0 unspecified atom stereocenters. The highest BCUT2D eigenvalue weighted by atomic mass is 127. The van der Waals surface area contributed by atoms with Crippen molar-refractivity contribution in [2.75, 3.05) is 13.6 Å². The molecule has 0 aromatic carbocycles. The maximum Gasteiger partial charge on any atom is 0.345 e. The molecule has 0 saturated carbocycles. The Labute approximate surface area is 168 Å². The lowest BCUT2D eigenvalue weighted by atomic mass is 10.2. The van der Waals surface area contributed by atoms with Crippen molar-refractivity contribution in [2.45, 2.75) is 45.3 Å². The predicted octanol–water partition coefficient (Wildman–Crippen LogP) is 1.82. The minimum atomic E-state index is 0. The van der Waals surface area contributed by atoms with Crippen molar-refractivity contribution >= 4 is 41.3 Å². The Balaban J connectivity index is 0.00000225. The monoisotopic (exact) mass is 476 g/mol. The lowest BCUT2D eigenvalue weighted by Crippen LogP contribution is -2.37. The molecule has 1 aliphatic heterocycles. The van der Waals surface area contributed by atoms with Gasteiger partial charge in [-0.15, -0.1) is 35.3 Å². The minimum absolute atomic E-state index is 0. The molecule has 2 aromatic rings. The highest BCUT2D eigenvalue weighted by Gasteiger charge is 2.16. The molecule has 2 N–H and O–H groups in total. The number of rotatable bonds is 6. The third kappa shape index (κ3) is 5.30. The number of hydrogen-bond donors (Lipinski definition) is 2. The molecule has 0 spiro atoms. The third-order valence-electron chi connectivity index (χ3n) is 4.10. The molecule has 2 aromatic heterocycles. The van der Waals surface area contributed by atoms with Crippen LogP contribution in [0, 0.1) is 0 Å². The number of halogens is 1. The number of nitrogens with zero attached hydrogens (tertiary/aromatic N) is 4. The van der Waals surface area contributed by atoms with E-state index in [9.17, 15) is 4.79 Å². The molecule has 138 valence electrons. The Morgan fingerprint density at radius 2 is 2.28 bits per heavy atom. The van der Waals surface area contributed by atoms with Crippen LogP contribution < -0.4 is 16.3 Å². The first-order valence-corrected chi connectivity index (χ1v) is 9.29. The third-order valence-corrected chi connectivity index (χ3v) is 4.98. The number of hydrogen-bond acceptors (Lipinski definition) is 4. The van der Waals surface area contributed by atoms with E-state index in [0.29, 0.717) is 6.54 Å². The van der Waals surface area contributed by atoms with Crippen LogP contribution in [0.15, 0.2) is 27.3 Å². The zero-order valence-electron chi connectivity index (χ0n) is 14.4. The van der Waals surface area contributed by atoms with Crippen LogP contribution in [0.5, 0.6) is 0 Å². The molecule has 0 radical (unpaired) electrons. The Morgan fingerprint density at radius 3 is 3.00 bits per heavy atom. The summed E-state index contributed by atoms with van der Waals surface area (Å²) >= 11 is 1.72. The highest BCUT2D eigenvalue weighted by Crippen LogP contribution is 2.09. The molecule has 0 aliphatic carbocycles. The van der Waals surface area contributed by atoms with E-state index in [-0.39, 0.29) is 29.7 Å². The van der Waals surface area contributed by atoms with Crippen molar-refractivity contribution < 1.29 is 0 Å². The largest absolute Gasteiger partial charge is 0.356 e. The van der Waals surface area contributed by atoms with E-state index in [4.69, 9.17) is 0 Å². The van der Waals surface area contributed by atoms with Gasteiger partial charge in [-0.05, 0) is 30.7 Å². The second-order valence-corrected chi connectivity index (χ2v) is 6.85. The van der Waals surface area contributed by atoms with Crippen LogP contribution in [0.2, 0.25) is 0 Å². The number of guanidine groups is 1. The van der Waals surface area contributed by atoms with E-state index in [2.05, 4.69) is 32.2 Å². The molecule has 7 nitrogen and oxygen atoms in total. The Kier molecular flexibility index (Phi) is 7.94. The van der Waals surface area contributed by atoms with Crippen LogP contribution in [0.4, 0.5) is 0 Å². The molecular formula is C16H25IN6OS. The van der Waals surface area contributed by atoms with E-state index < -0.39 is 0 Å². The molecule has 1 aliphatic rings. The molecule has 3 rings (SSSR count). The standard InChI is InChI=1S/C16H24N6OS.HI/c1-17-15(19-12-13-6-4-11-24-13)18-8-5-10-22-16(23)21-9-3-2-7-14(21)20-22;/h4,6,11H,2-3,5,7-10,12H2,1H3,(H2,17,18,19);1H. The summed E-state index contributed by atoms with van der Waals surface area (Å²) in [4.78, 5) is 17.7. The van der Waals surface area contributed by atoms with Crippen molar-refractivity contribution in [3.63, 3.8) is 0 Å². The van der Waals surface area contributed by atoms with Crippen LogP contribution in [0.25, 0.3) is 0 Å². The molecule has 3 heterocycles. The SMILES string of the molecule is CN=C(NCCCn1nc2n(c1=O)CCCC2)NCc1cccs1.I. The zero-order valence-corrected chi connectivity index (χ0v) is 17.5. The number of aryl methyl sites for hydroxylation is 2. The second kappa shape index (κ2) is 9.95. The molecule has 0 bridgehead atoms. The summed E-state index contributed by atoms with van der Waals surface area (Å²) in [6.07, 6.45) is 3.95. The minimum Gasteiger partial charge on any atom is -0.356 e. The lowest BCUT2D eigenvalue weighted by molar-refractivity contribution is 0.509. The van der Waals surface area contributed by atoms with Gasteiger partial charge in [0.15, 0.2) is 5.96 Å².